The molecule has 0 aliphatic carbocycles. The Balaban J connectivity index is 0. The summed E-state index contributed by atoms with van der Waals surface area (Å²) in [6.07, 6.45) is 0. The Morgan fingerprint density at radius 3 is 2.25 bits per heavy atom. The SMILES string of the molecule is CC(C#N)N1CCNCC1.Cl.Cl. The topological polar surface area (TPSA) is 39.1 Å². The van der Waals surface area contributed by atoms with E-state index in [1.807, 2.05) is 6.92 Å². The molecule has 0 aromatic heterocycles. The Bertz CT molecular complexity index is 140. The first-order valence-electron chi connectivity index (χ1n) is 3.69. The zero-order chi connectivity index (χ0) is 7.40. The highest BCUT2D eigenvalue weighted by atomic mass is 35.5. The van der Waals surface area contributed by atoms with Gasteiger partial charge in [-0.3, -0.25) is 4.90 Å². The van der Waals surface area contributed by atoms with Gasteiger partial charge in [0.2, 0.25) is 0 Å². The van der Waals surface area contributed by atoms with Crippen LogP contribution in [0.25, 0.3) is 0 Å². The largest absolute Gasteiger partial charge is 0.314 e. The van der Waals surface area contributed by atoms with Crippen LogP contribution in [0.5, 0.6) is 0 Å². The van der Waals surface area contributed by atoms with Crippen molar-refractivity contribution in [3.8, 4) is 6.07 Å². The molecule has 1 rings (SSSR count). The van der Waals surface area contributed by atoms with Crippen molar-refractivity contribution in [2.45, 2.75) is 13.0 Å². The molecule has 5 heteroatoms. The van der Waals surface area contributed by atoms with Crippen LogP contribution in [0.1, 0.15) is 6.92 Å². The molecule has 1 heterocycles. The Morgan fingerprint density at radius 1 is 1.33 bits per heavy atom. The maximum absolute atomic E-state index is 8.57. The monoisotopic (exact) mass is 211 g/mol. The second kappa shape index (κ2) is 7.63. The van der Waals surface area contributed by atoms with Gasteiger partial charge in [0.05, 0.1) is 12.1 Å². The van der Waals surface area contributed by atoms with E-state index in [1.165, 1.54) is 0 Å². The third-order valence-electron chi connectivity index (χ3n) is 1.89. The van der Waals surface area contributed by atoms with E-state index in [-0.39, 0.29) is 30.9 Å². The van der Waals surface area contributed by atoms with Crippen molar-refractivity contribution in [2.75, 3.05) is 26.2 Å². The number of halogens is 2. The van der Waals surface area contributed by atoms with Gasteiger partial charge in [-0.25, -0.2) is 0 Å². The minimum atomic E-state index is 0. The summed E-state index contributed by atoms with van der Waals surface area (Å²) >= 11 is 0. The van der Waals surface area contributed by atoms with Crippen molar-refractivity contribution in [3.05, 3.63) is 0 Å². The molecule has 0 radical (unpaired) electrons. The van der Waals surface area contributed by atoms with Crippen LogP contribution in [0.2, 0.25) is 0 Å². The van der Waals surface area contributed by atoms with E-state index in [2.05, 4.69) is 16.3 Å². The molecule has 1 N–H and O–H groups in total. The highest BCUT2D eigenvalue weighted by Gasteiger charge is 2.14. The van der Waals surface area contributed by atoms with Gasteiger partial charge in [0, 0.05) is 26.2 Å². The zero-order valence-electron chi connectivity index (χ0n) is 7.12. The summed E-state index contributed by atoms with van der Waals surface area (Å²) in [5.74, 6) is 0. The van der Waals surface area contributed by atoms with Gasteiger partial charge >= 0.3 is 0 Å². The fourth-order valence-electron chi connectivity index (χ4n) is 1.15. The molecule has 12 heavy (non-hydrogen) atoms. The number of nitrogens with zero attached hydrogens (tertiary/aromatic N) is 2. The molecule has 0 bridgehead atoms. The smallest absolute Gasteiger partial charge is 0.0950 e. The quantitative estimate of drug-likeness (QED) is 0.693. The van der Waals surface area contributed by atoms with Crippen molar-refractivity contribution >= 4 is 24.8 Å². The first kappa shape index (κ1) is 14.5. The molecule has 1 aliphatic rings. The summed E-state index contributed by atoms with van der Waals surface area (Å²) in [6.45, 7) is 6.01. The highest BCUT2D eigenvalue weighted by Crippen LogP contribution is 1.98. The van der Waals surface area contributed by atoms with E-state index in [0.717, 1.165) is 26.2 Å². The summed E-state index contributed by atoms with van der Waals surface area (Å²) in [7, 11) is 0. The predicted molar refractivity (Wildman–Crippen MR) is 54.0 cm³/mol. The van der Waals surface area contributed by atoms with Crippen molar-refractivity contribution < 1.29 is 0 Å². The number of nitriles is 1. The highest BCUT2D eigenvalue weighted by molar-refractivity contribution is 5.85. The lowest BCUT2D eigenvalue weighted by Gasteiger charge is -2.28. The van der Waals surface area contributed by atoms with Crippen molar-refractivity contribution in [1.29, 1.82) is 5.26 Å². The standard InChI is InChI=1S/C7H13N3.2ClH/c1-7(6-8)10-4-2-9-3-5-10;;/h7,9H,2-5H2,1H3;2*1H. The second-order valence-electron chi connectivity index (χ2n) is 2.59. The third kappa shape index (κ3) is 4.13. The van der Waals surface area contributed by atoms with Gasteiger partial charge in [0.15, 0.2) is 0 Å². The number of nitrogens with one attached hydrogen (secondary N) is 1. The van der Waals surface area contributed by atoms with Crippen LogP contribution >= 0.6 is 24.8 Å². The van der Waals surface area contributed by atoms with E-state index >= 15 is 0 Å². The minimum Gasteiger partial charge on any atom is -0.314 e. The van der Waals surface area contributed by atoms with Crippen LogP contribution in [0, 0.1) is 11.3 Å². The van der Waals surface area contributed by atoms with Crippen LogP contribution in [0.15, 0.2) is 0 Å². The number of rotatable bonds is 1. The van der Waals surface area contributed by atoms with E-state index in [0.29, 0.717) is 0 Å². The lowest BCUT2D eigenvalue weighted by Crippen LogP contribution is -2.46. The molecular formula is C7H15Cl2N3. The van der Waals surface area contributed by atoms with Gasteiger partial charge < -0.3 is 5.32 Å². The van der Waals surface area contributed by atoms with Crippen LogP contribution < -0.4 is 5.32 Å². The van der Waals surface area contributed by atoms with Gasteiger partial charge in [0.1, 0.15) is 0 Å². The van der Waals surface area contributed by atoms with Crippen LogP contribution in [0.3, 0.4) is 0 Å². The molecule has 0 amide bonds. The van der Waals surface area contributed by atoms with Crippen molar-refractivity contribution in [2.24, 2.45) is 0 Å². The van der Waals surface area contributed by atoms with Gasteiger partial charge in [-0.2, -0.15) is 5.26 Å². The van der Waals surface area contributed by atoms with E-state index < -0.39 is 0 Å². The van der Waals surface area contributed by atoms with Gasteiger partial charge in [-0.1, -0.05) is 0 Å². The molecule has 0 spiro atoms. The number of hydrogen-bond acceptors (Lipinski definition) is 3. The normalized spacial score (nSPS) is 19.7. The first-order valence-corrected chi connectivity index (χ1v) is 3.69. The maximum atomic E-state index is 8.57. The third-order valence-corrected chi connectivity index (χ3v) is 1.89. The van der Waals surface area contributed by atoms with Crippen LogP contribution in [0.4, 0.5) is 0 Å². The zero-order valence-corrected chi connectivity index (χ0v) is 8.75. The van der Waals surface area contributed by atoms with Crippen LogP contribution in [-0.4, -0.2) is 37.1 Å². The molecule has 1 atom stereocenters. The van der Waals surface area contributed by atoms with Crippen molar-refractivity contribution in [3.63, 3.8) is 0 Å². The summed E-state index contributed by atoms with van der Waals surface area (Å²) in [6, 6.07) is 2.32. The molecule has 72 valence electrons. The lowest BCUT2D eigenvalue weighted by molar-refractivity contribution is 0.216. The molecular weight excluding hydrogens is 197 g/mol. The maximum Gasteiger partial charge on any atom is 0.0950 e. The molecule has 1 fully saturated rings. The summed E-state index contributed by atoms with van der Waals surface area (Å²) < 4.78 is 0. The Kier molecular flexibility index (Phi) is 9.23. The molecule has 1 aliphatic heterocycles. The average Bonchev–Trinajstić information content (AvgIpc) is 2.05. The minimum absolute atomic E-state index is 0. The summed E-state index contributed by atoms with van der Waals surface area (Å²) in [5, 5.41) is 11.8. The average molecular weight is 212 g/mol. The summed E-state index contributed by atoms with van der Waals surface area (Å²) in [5.41, 5.74) is 0. The molecule has 1 saturated heterocycles. The Hall–Kier alpha value is -0.0100. The second-order valence-corrected chi connectivity index (χ2v) is 2.59. The van der Waals surface area contributed by atoms with Gasteiger partial charge in [-0.05, 0) is 6.92 Å². The Labute approximate surface area is 85.9 Å². The van der Waals surface area contributed by atoms with E-state index in [4.69, 9.17) is 5.26 Å². The molecule has 3 nitrogen and oxygen atoms in total. The molecule has 0 saturated carbocycles. The fraction of sp³-hybridized carbons (Fsp3) is 0.857. The Morgan fingerprint density at radius 2 is 1.83 bits per heavy atom. The number of hydrogen-bond donors (Lipinski definition) is 1. The van der Waals surface area contributed by atoms with Crippen LogP contribution in [-0.2, 0) is 0 Å². The summed E-state index contributed by atoms with van der Waals surface area (Å²) in [4.78, 5) is 2.19. The first-order chi connectivity index (χ1) is 4.84. The fourth-order valence-corrected chi connectivity index (χ4v) is 1.15. The molecule has 0 aromatic rings. The predicted octanol–water partition coefficient (Wildman–Crippen LogP) is 0.647. The van der Waals surface area contributed by atoms with E-state index in [9.17, 15) is 0 Å². The molecule has 0 aromatic carbocycles. The van der Waals surface area contributed by atoms with Crippen molar-refractivity contribution in [1.82, 2.24) is 10.2 Å². The number of piperazine rings is 1. The molecule has 1 unspecified atom stereocenters. The van der Waals surface area contributed by atoms with Gasteiger partial charge in [-0.15, -0.1) is 24.8 Å². The van der Waals surface area contributed by atoms with E-state index in [1.54, 1.807) is 0 Å². The van der Waals surface area contributed by atoms with Gasteiger partial charge in [0.25, 0.3) is 0 Å². The lowest BCUT2D eigenvalue weighted by atomic mass is 10.2.